The molecule has 0 aromatic heterocycles. The first-order valence-electron chi connectivity index (χ1n) is 13.7. The van der Waals surface area contributed by atoms with Crippen LogP contribution in [0.2, 0.25) is 0 Å². The maximum absolute atomic E-state index is 12.1. The minimum atomic E-state index is -0.319. The van der Waals surface area contributed by atoms with E-state index < -0.39 is 0 Å². The average molecular weight is 470 g/mol. The van der Waals surface area contributed by atoms with Crippen LogP contribution in [-0.2, 0) is 9.59 Å². The van der Waals surface area contributed by atoms with Gasteiger partial charge in [-0.2, -0.15) is 0 Å². The molecule has 0 aliphatic rings. The quantitative estimate of drug-likeness (QED) is 0.122. The molecule has 0 rings (SSSR count). The predicted molar refractivity (Wildman–Crippen MR) is 140 cm³/mol. The fourth-order valence-electron chi connectivity index (χ4n) is 4.00. The normalized spacial score (nSPS) is 13.2. The van der Waals surface area contributed by atoms with E-state index in [2.05, 4.69) is 5.32 Å². The minimum absolute atomic E-state index is 0.200. The molecule has 0 heterocycles. The topological polar surface area (TPSA) is 150 Å². The number of carbonyl (C=O) groups excluding carboxylic acids is 2. The highest BCUT2D eigenvalue weighted by Crippen LogP contribution is 2.10. The van der Waals surface area contributed by atoms with E-state index in [1.165, 1.54) is 0 Å². The van der Waals surface area contributed by atoms with Crippen molar-refractivity contribution in [2.24, 2.45) is 22.9 Å². The Balaban J connectivity index is 3.48. The third-order valence-corrected chi connectivity index (χ3v) is 6.32. The van der Waals surface area contributed by atoms with Gasteiger partial charge in [0.1, 0.15) is 11.6 Å². The zero-order chi connectivity index (χ0) is 24.6. The van der Waals surface area contributed by atoms with Crippen molar-refractivity contribution in [2.45, 2.75) is 128 Å². The number of hydrogen-bond donors (Lipinski definition) is 5. The Morgan fingerprint density at radius 3 is 1.42 bits per heavy atom. The Hall–Kier alpha value is -0.860. The van der Waals surface area contributed by atoms with Crippen molar-refractivity contribution in [2.75, 3.05) is 26.2 Å². The van der Waals surface area contributed by atoms with Crippen molar-refractivity contribution < 1.29 is 9.59 Å². The van der Waals surface area contributed by atoms with Crippen LogP contribution in [0, 0.1) is 0 Å². The van der Waals surface area contributed by atoms with Gasteiger partial charge in [0.2, 0.25) is 0 Å². The van der Waals surface area contributed by atoms with Crippen molar-refractivity contribution in [1.29, 1.82) is 0 Å². The van der Waals surface area contributed by atoms with Gasteiger partial charge in [-0.15, -0.1) is 0 Å². The van der Waals surface area contributed by atoms with Crippen LogP contribution in [0.3, 0.4) is 0 Å². The number of Topliss-reactive ketones (excluding diaryl/α,β-unsaturated/α-hetero) is 2. The summed E-state index contributed by atoms with van der Waals surface area (Å²) in [5, 5.41) is 3.43. The third-order valence-electron chi connectivity index (χ3n) is 6.32. The molecule has 0 aliphatic heterocycles. The number of rotatable bonds is 26. The van der Waals surface area contributed by atoms with E-state index in [-0.39, 0.29) is 23.7 Å². The maximum atomic E-state index is 12.1. The lowest BCUT2D eigenvalue weighted by Gasteiger charge is -2.12. The van der Waals surface area contributed by atoms with E-state index >= 15 is 0 Å². The lowest BCUT2D eigenvalue weighted by atomic mass is 10.0. The van der Waals surface area contributed by atoms with Gasteiger partial charge in [0.15, 0.2) is 0 Å². The van der Waals surface area contributed by atoms with Crippen LogP contribution in [0.1, 0.15) is 116 Å². The van der Waals surface area contributed by atoms with Gasteiger partial charge in [0, 0.05) is 12.8 Å². The summed E-state index contributed by atoms with van der Waals surface area (Å²) in [5.74, 6) is 0.413. The van der Waals surface area contributed by atoms with Crippen LogP contribution >= 0.6 is 0 Å². The van der Waals surface area contributed by atoms with Gasteiger partial charge in [0.25, 0.3) is 0 Å². The molecule has 0 saturated heterocycles. The zero-order valence-electron chi connectivity index (χ0n) is 21.3. The second-order valence-electron chi connectivity index (χ2n) is 9.50. The first-order chi connectivity index (χ1) is 16.0. The van der Waals surface area contributed by atoms with Crippen molar-refractivity contribution >= 4 is 11.6 Å². The van der Waals surface area contributed by atoms with Crippen molar-refractivity contribution in [3.05, 3.63) is 0 Å². The van der Waals surface area contributed by atoms with Crippen LogP contribution in [0.15, 0.2) is 0 Å². The van der Waals surface area contributed by atoms with Gasteiger partial charge >= 0.3 is 0 Å². The number of unbranched alkanes of at least 4 members (excludes halogenated alkanes) is 10. The highest BCUT2D eigenvalue weighted by Gasteiger charge is 2.13. The lowest BCUT2D eigenvalue weighted by Crippen LogP contribution is -2.31. The average Bonchev–Trinajstić information content (AvgIpc) is 2.81. The molecule has 7 heteroatoms. The Bertz CT molecular complexity index is 422. The van der Waals surface area contributed by atoms with E-state index in [1.807, 2.05) is 0 Å². The van der Waals surface area contributed by atoms with Crippen LogP contribution in [0.5, 0.6) is 0 Å². The Morgan fingerprint density at radius 1 is 0.515 bits per heavy atom. The summed E-state index contributed by atoms with van der Waals surface area (Å²) >= 11 is 0. The van der Waals surface area contributed by atoms with Crippen molar-refractivity contribution in [3.8, 4) is 0 Å². The lowest BCUT2D eigenvalue weighted by molar-refractivity contribution is -0.121. The molecule has 0 aliphatic carbocycles. The van der Waals surface area contributed by atoms with Crippen LogP contribution in [0.25, 0.3) is 0 Å². The monoisotopic (exact) mass is 469 g/mol. The number of ketones is 2. The molecule has 0 aromatic carbocycles. The Morgan fingerprint density at radius 2 is 0.909 bits per heavy atom. The van der Waals surface area contributed by atoms with E-state index in [4.69, 9.17) is 22.9 Å². The smallest absolute Gasteiger partial charge is 0.149 e. The SMILES string of the molecule is NCCCCCCCC(=O)C(N)CCCCCNCCCC(N)C(=O)CCCCCCCN. The van der Waals surface area contributed by atoms with Gasteiger partial charge in [0.05, 0.1) is 12.1 Å². The number of carbonyl (C=O) groups is 2. The van der Waals surface area contributed by atoms with Crippen molar-refractivity contribution in [1.82, 2.24) is 5.32 Å². The third kappa shape index (κ3) is 21.4. The molecule has 2 atom stereocenters. The molecule has 0 saturated carbocycles. The Kier molecular flexibility index (Phi) is 23.6. The summed E-state index contributed by atoms with van der Waals surface area (Å²) in [6.07, 6.45) is 17.7. The summed E-state index contributed by atoms with van der Waals surface area (Å²) in [7, 11) is 0. The number of nitrogens with two attached hydrogens (primary N) is 4. The molecule has 196 valence electrons. The number of nitrogens with one attached hydrogen (secondary N) is 1. The second-order valence-corrected chi connectivity index (χ2v) is 9.50. The van der Waals surface area contributed by atoms with Gasteiger partial charge in [-0.1, -0.05) is 51.4 Å². The molecule has 0 fully saturated rings. The molecule has 2 unspecified atom stereocenters. The molecule has 33 heavy (non-hydrogen) atoms. The zero-order valence-corrected chi connectivity index (χ0v) is 21.3. The largest absolute Gasteiger partial charge is 0.330 e. The molecular formula is C26H55N5O2. The summed E-state index contributed by atoms with van der Waals surface area (Å²) in [4.78, 5) is 24.2. The summed E-state index contributed by atoms with van der Waals surface area (Å²) in [6.45, 7) is 3.36. The summed E-state index contributed by atoms with van der Waals surface area (Å²) < 4.78 is 0. The standard InChI is InChI=1S/C26H55N5O2/c27-19-11-5-1-3-9-17-25(32)23(29)15-8-7-13-21-31-22-14-16-24(30)26(33)18-10-4-2-6-12-20-28/h23-24,31H,1-22,27-30H2. The number of hydrogen-bond acceptors (Lipinski definition) is 7. The maximum Gasteiger partial charge on any atom is 0.149 e. The molecular weight excluding hydrogens is 414 g/mol. The first kappa shape index (κ1) is 32.1. The van der Waals surface area contributed by atoms with E-state index in [1.54, 1.807) is 0 Å². The first-order valence-corrected chi connectivity index (χ1v) is 13.7. The second kappa shape index (κ2) is 24.3. The minimum Gasteiger partial charge on any atom is -0.330 e. The molecule has 0 spiro atoms. The van der Waals surface area contributed by atoms with E-state index in [0.717, 1.165) is 129 Å². The molecule has 9 N–H and O–H groups in total. The van der Waals surface area contributed by atoms with Gasteiger partial charge in [-0.25, -0.2) is 0 Å². The molecule has 7 nitrogen and oxygen atoms in total. The van der Waals surface area contributed by atoms with Crippen LogP contribution in [0.4, 0.5) is 0 Å². The molecule has 0 radical (unpaired) electrons. The fraction of sp³-hybridized carbons (Fsp3) is 0.923. The van der Waals surface area contributed by atoms with Gasteiger partial charge < -0.3 is 28.3 Å². The summed E-state index contributed by atoms with van der Waals surface area (Å²) in [5.41, 5.74) is 23.0. The highest BCUT2D eigenvalue weighted by atomic mass is 16.1. The summed E-state index contributed by atoms with van der Waals surface area (Å²) in [6, 6.07) is -0.618. The molecule has 0 bridgehead atoms. The van der Waals surface area contributed by atoms with Crippen LogP contribution in [-0.4, -0.2) is 49.8 Å². The van der Waals surface area contributed by atoms with Crippen LogP contribution < -0.4 is 28.3 Å². The molecule has 0 aromatic rings. The molecule has 0 amide bonds. The Labute approximate surface area is 203 Å². The van der Waals surface area contributed by atoms with Crippen molar-refractivity contribution in [3.63, 3.8) is 0 Å². The van der Waals surface area contributed by atoms with Gasteiger partial charge in [-0.3, -0.25) is 9.59 Å². The van der Waals surface area contributed by atoms with E-state index in [9.17, 15) is 9.59 Å². The van der Waals surface area contributed by atoms with Gasteiger partial charge in [-0.05, 0) is 77.5 Å². The highest BCUT2D eigenvalue weighted by molar-refractivity contribution is 5.84. The fourth-order valence-corrected chi connectivity index (χ4v) is 4.00. The predicted octanol–water partition coefficient (Wildman–Crippen LogP) is 3.31. The van der Waals surface area contributed by atoms with E-state index in [0.29, 0.717) is 12.8 Å².